The average Bonchev–Trinajstić information content (AvgIpc) is 2.79. The number of aromatic nitrogens is 2. The fourth-order valence-corrected chi connectivity index (χ4v) is 2.33. The number of H-pyrrole nitrogens is 2. The number of rotatable bonds is 2. The zero-order chi connectivity index (χ0) is 17.4. The van der Waals surface area contributed by atoms with Crippen molar-refractivity contribution in [3.63, 3.8) is 0 Å². The van der Waals surface area contributed by atoms with Crippen molar-refractivity contribution in [1.82, 2.24) is 9.97 Å². The van der Waals surface area contributed by atoms with Gasteiger partial charge in [-0.3, -0.25) is 19.6 Å². The predicted octanol–water partition coefficient (Wildman–Crippen LogP) is 1.23. The number of carbonyl (C=O) groups excluding carboxylic acids is 1. The molecule has 0 saturated heterocycles. The van der Waals surface area contributed by atoms with E-state index in [1.54, 1.807) is 31.2 Å². The molecule has 3 rings (SSSR count). The SMILES string of the molecule is CC1=NN(c2ccc(Cl)cc2)C(=O)C1=Cc1c(O)[nH]c(=O)[nH]c1=O. The van der Waals surface area contributed by atoms with Crippen LogP contribution in [0.1, 0.15) is 12.5 Å². The smallest absolute Gasteiger partial charge is 0.328 e. The van der Waals surface area contributed by atoms with Gasteiger partial charge in [0, 0.05) is 5.02 Å². The van der Waals surface area contributed by atoms with Crippen LogP contribution in [-0.4, -0.2) is 26.7 Å². The van der Waals surface area contributed by atoms with E-state index in [0.717, 1.165) is 5.01 Å². The number of halogens is 1. The minimum Gasteiger partial charge on any atom is -0.494 e. The van der Waals surface area contributed by atoms with Gasteiger partial charge in [0.15, 0.2) is 0 Å². The minimum absolute atomic E-state index is 0.123. The van der Waals surface area contributed by atoms with Gasteiger partial charge in [0.25, 0.3) is 11.5 Å². The summed E-state index contributed by atoms with van der Waals surface area (Å²) in [6, 6.07) is 6.50. The Morgan fingerprint density at radius 2 is 1.83 bits per heavy atom. The zero-order valence-corrected chi connectivity index (χ0v) is 13.1. The van der Waals surface area contributed by atoms with Gasteiger partial charge < -0.3 is 5.11 Å². The van der Waals surface area contributed by atoms with Crippen LogP contribution in [-0.2, 0) is 4.79 Å². The molecule has 0 saturated carbocycles. The fourth-order valence-electron chi connectivity index (χ4n) is 2.20. The molecule has 1 aliphatic rings. The second-order valence-corrected chi connectivity index (χ2v) is 5.44. The lowest BCUT2D eigenvalue weighted by molar-refractivity contribution is -0.114. The molecule has 0 spiro atoms. The third kappa shape index (κ3) is 2.74. The van der Waals surface area contributed by atoms with Gasteiger partial charge in [0.1, 0.15) is 5.56 Å². The van der Waals surface area contributed by atoms with Crippen LogP contribution in [0.2, 0.25) is 5.02 Å². The van der Waals surface area contributed by atoms with Crippen molar-refractivity contribution in [2.45, 2.75) is 6.92 Å². The number of hydrogen-bond acceptors (Lipinski definition) is 5. The third-order valence-corrected chi connectivity index (χ3v) is 3.63. The van der Waals surface area contributed by atoms with Crippen LogP contribution in [0.3, 0.4) is 0 Å². The summed E-state index contributed by atoms with van der Waals surface area (Å²) >= 11 is 5.82. The largest absolute Gasteiger partial charge is 0.494 e. The molecule has 1 aliphatic heterocycles. The Balaban J connectivity index is 2.04. The molecule has 122 valence electrons. The van der Waals surface area contributed by atoms with Crippen molar-refractivity contribution >= 4 is 35.0 Å². The topological polar surface area (TPSA) is 119 Å². The molecule has 0 unspecified atom stereocenters. The maximum absolute atomic E-state index is 12.5. The molecule has 8 nitrogen and oxygen atoms in total. The summed E-state index contributed by atoms with van der Waals surface area (Å²) in [5, 5.41) is 15.5. The number of aromatic hydroxyl groups is 1. The molecule has 0 atom stereocenters. The quantitative estimate of drug-likeness (QED) is 0.708. The monoisotopic (exact) mass is 346 g/mol. The summed E-state index contributed by atoms with van der Waals surface area (Å²) in [5.41, 5.74) is -0.894. The third-order valence-electron chi connectivity index (χ3n) is 3.38. The normalized spacial score (nSPS) is 15.9. The second-order valence-electron chi connectivity index (χ2n) is 5.01. The fraction of sp³-hybridized carbons (Fsp3) is 0.0667. The number of benzene rings is 1. The van der Waals surface area contributed by atoms with E-state index >= 15 is 0 Å². The molecule has 0 bridgehead atoms. The summed E-state index contributed by atoms with van der Waals surface area (Å²) in [5.74, 6) is -1.10. The number of hydrogen-bond donors (Lipinski definition) is 3. The summed E-state index contributed by atoms with van der Waals surface area (Å²) in [4.78, 5) is 39.5. The van der Waals surface area contributed by atoms with Gasteiger partial charge in [-0.05, 0) is 37.3 Å². The van der Waals surface area contributed by atoms with E-state index in [-0.39, 0.29) is 11.1 Å². The van der Waals surface area contributed by atoms with E-state index in [1.807, 2.05) is 4.98 Å². The van der Waals surface area contributed by atoms with Crippen LogP contribution < -0.4 is 16.3 Å². The lowest BCUT2D eigenvalue weighted by Crippen LogP contribution is -2.25. The van der Waals surface area contributed by atoms with Crippen molar-refractivity contribution < 1.29 is 9.90 Å². The van der Waals surface area contributed by atoms with Crippen LogP contribution >= 0.6 is 11.6 Å². The number of amides is 1. The maximum atomic E-state index is 12.5. The molecular weight excluding hydrogens is 336 g/mol. The number of nitrogens with zero attached hydrogens (tertiary/aromatic N) is 2. The first kappa shape index (κ1) is 15.8. The molecule has 24 heavy (non-hydrogen) atoms. The van der Waals surface area contributed by atoms with Gasteiger partial charge in [-0.2, -0.15) is 10.1 Å². The molecular formula is C15H11ClN4O4. The lowest BCUT2D eigenvalue weighted by Gasteiger charge is -2.11. The first-order chi connectivity index (χ1) is 11.4. The summed E-state index contributed by atoms with van der Waals surface area (Å²) in [6.45, 7) is 1.59. The standard InChI is InChI=1S/C15H11ClN4O4/c1-7-10(6-11-12(21)17-15(24)18-13(11)22)14(23)20(19-7)9-4-2-8(16)3-5-9/h2-6H,1H3,(H3,17,18,21,22,24). The number of carbonyl (C=O) groups is 1. The van der Waals surface area contributed by atoms with Crippen LogP contribution in [0, 0.1) is 0 Å². The lowest BCUT2D eigenvalue weighted by atomic mass is 10.1. The zero-order valence-electron chi connectivity index (χ0n) is 12.3. The van der Waals surface area contributed by atoms with Crippen LogP contribution in [0.15, 0.2) is 44.5 Å². The number of nitrogens with one attached hydrogen (secondary N) is 2. The van der Waals surface area contributed by atoms with Crippen LogP contribution in [0.5, 0.6) is 5.88 Å². The number of anilines is 1. The van der Waals surface area contributed by atoms with Crippen LogP contribution in [0.4, 0.5) is 5.69 Å². The minimum atomic E-state index is -0.842. The maximum Gasteiger partial charge on any atom is 0.328 e. The van der Waals surface area contributed by atoms with E-state index in [4.69, 9.17) is 11.6 Å². The molecule has 0 fully saturated rings. The number of hydrazone groups is 1. The Hall–Kier alpha value is -3.13. The highest BCUT2D eigenvalue weighted by molar-refractivity contribution is 6.32. The van der Waals surface area contributed by atoms with Crippen molar-refractivity contribution in [1.29, 1.82) is 0 Å². The van der Waals surface area contributed by atoms with E-state index in [0.29, 0.717) is 16.4 Å². The van der Waals surface area contributed by atoms with Crippen LogP contribution in [0.25, 0.3) is 6.08 Å². The predicted molar refractivity (Wildman–Crippen MR) is 89.4 cm³/mol. The highest BCUT2D eigenvalue weighted by Crippen LogP contribution is 2.26. The highest BCUT2D eigenvalue weighted by Gasteiger charge is 2.29. The van der Waals surface area contributed by atoms with E-state index < -0.39 is 23.0 Å². The first-order valence-electron chi connectivity index (χ1n) is 6.79. The number of aromatic amines is 2. The summed E-state index contributed by atoms with van der Waals surface area (Å²) in [6.07, 6.45) is 1.18. The van der Waals surface area contributed by atoms with Gasteiger partial charge in [0.2, 0.25) is 5.88 Å². The van der Waals surface area contributed by atoms with E-state index in [2.05, 4.69) is 10.1 Å². The average molecular weight is 347 g/mol. The molecule has 3 N–H and O–H groups in total. The Labute approximate surface area is 139 Å². The molecule has 1 aromatic carbocycles. The first-order valence-corrected chi connectivity index (χ1v) is 7.17. The molecule has 0 radical (unpaired) electrons. The molecule has 1 aromatic heterocycles. The van der Waals surface area contributed by atoms with Gasteiger partial charge in [-0.25, -0.2) is 4.79 Å². The van der Waals surface area contributed by atoms with Crippen molar-refractivity contribution in [3.05, 3.63) is 61.3 Å². The Morgan fingerprint density at radius 1 is 1.17 bits per heavy atom. The van der Waals surface area contributed by atoms with E-state index in [9.17, 15) is 19.5 Å². The highest BCUT2D eigenvalue weighted by atomic mass is 35.5. The molecule has 2 aromatic rings. The second kappa shape index (κ2) is 5.82. The Kier molecular flexibility index (Phi) is 3.82. The molecule has 0 aliphatic carbocycles. The van der Waals surface area contributed by atoms with E-state index in [1.165, 1.54) is 6.08 Å². The van der Waals surface area contributed by atoms with Gasteiger partial charge in [-0.1, -0.05) is 11.6 Å². The van der Waals surface area contributed by atoms with Gasteiger partial charge in [0.05, 0.1) is 17.0 Å². The Morgan fingerprint density at radius 3 is 2.46 bits per heavy atom. The Bertz CT molecular complexity index is 1000. The molecule has 2 heterocycles. The van der Waals surface area contributed by atoms with Crippen molar-refractivity contribution in [2.75, 3.05) is 5.01 Å². The summed E-state index contributed by atoms with van der Waals surface area (Å²) < 4.78 is 0. The van der Waals surface area contributed by atoms with Crippen molar-refractivity contribution in [3.8, 4) is 5.88 Å². The van der Waals surface area contributed by atoms with Gasteiger partial charge in [-0.15, -0.1) is 0 Å². The van der Waals surface area contributed by atoms with Crippen molar-refractivity contribution in [2.24, 2.45) is 5.10 Å². The summed E-state index contributed by atoms with van der Waals surface area (Å²) in [7, 11) is 0. The van der Waals surface area contributed by atoms with Gasteiger partial charge >= 0.3 is 5.69 Å². The molecule has 9 heteroatoms. The molecule has 1 amide bonds.